The molecule has 1 unspecified atom stereocenters. The summed E-state index contributed by atoms with van der Waals surface area (Å²) in [6, 6.07) is 0. The van der Waals surface area contributed by atoms with Crippen molar-refractivity contribution in [2.45, 2.75) is 53.4 Å². The molecule has 0 aromatic heterocycles. The van der Waals surface area contributed by atoms with E-state index >= 15 is 0 Å². The van der Waals surface area contributed by atoms with E-state index in [9.17, 15) is 4.79 Å². The Labute approximate surface area is 124 Å². The van der Waals surface area contributed by atoms with Crippen molar-refractivity contribution in [2.75, 3.05) is 33.5 Å². The molecule has 0 aromatic rings. The molecule has 0 rings (SSSR count). The van der Waals surface area contributed by atoms with Gasteiger partial charge in [0.25, 0.3) is 0 Å². The predicted molar refractivity (Wildman–Crippen MR) is 80.7 cm³/mol. The Morgan fingerprint density at radius 3 is 2.40 bits per heavy atom. The summed E-state index contributed by atoms with van der Waals surface area (Å²) in [6.45, 7) is 11.2. The van der Waals surface area contributed by atoms with E-state index < -0.39 is 0 Å². The lowest BCUT2D eigenvalue weighted by Crippen LogP contribution is -2.14. The molecule has 0 saturated heterocycles. The van der Waals surface area contributed by atoms with Crippen LogP contribution >= 0.6 is 0 Å². The second-order valence-electron chi connectivity index (χ2n) is 6.59. The third-order valence-corrected chi connectivity index (χ3v) is 2.94. The van der Waals surface area contributed by atoms with Crippen LogP contribution in [0.15, 0.2) is 0 Å². The first kappa shape index (κ1) is 19.4. The zero-order valence-corrected chi connectivity index (χ0v) is 13.9. The average Bonchev–Trinajstić information content (AvgIpc) is 2.31. The van der Waals surface area contributed by atoms with Gasteiger partial charge in [-0.1, -0.05) is 27.7 Å². The normalized spacial score (nSPS) is 13.2. The lowest BCUT2D eigenvalue weighted by molar-refractivity contribution is -0.144. The van der Waals surface area contributed by atoms with Crippen LogP contribution in [-0.4, -0.2) is 39.5 Å². The van der Waals surface area contributed by atoms with Crippen LogP contribution in [0.5, 0.6) is 0 Å². The van der Waals surface area contributed by atoms with Gasteiger partial charge in [-0.25, -0.2) is 0 Å². The van der Waals surface area contributed by atoms with Crippen molar-refractivity contribution in [2.24, 2.45) is 11.3 Å². The number of methoxy groups -OCH3 is 1. The minimum Gasteiger partial charge on any atom is -0.466 e. The first-order valence-electron chi connectivity index (χ1n) is 7.57. The highest BCUT2D eigenvalue weighted by Crippen LogP contribution is 2.25. The standard InChI is InChI=1S/C16H32O4/c1-14(13-16(2,3)4)8-10-20-15(17)7-6-9-19-12-11-18-5/h14H,6-13H2,1-5H3. The minimum atomic E-state index is -0.122. The molecule has 0 fully saturated rings. The van der Waals surface area contributed by atoms with Gasteiger partial charge >= 0.3 is 5.97 Å². The number of carbonyl (C=O) groups excluding carboxylic acids is 1. The fourth-order valence-electron chi connectivity index (χ4n) is 2.16. The number of rotatable bonds is 11. The maximum Gasteiger partial charge on any atom is 0.305 e. The highest BCUT2D eigenvalue weighted by Gasteiger charge is 2.15. The zero-order valence-electron chi connectivity index (χ0n) is 13.9. The van der Waals surface area contributed by atoms with Gasteiger partial charge in [0.15, 0.2) is 0 Å². The molecule has 0 spiro atoms. The van der Waals surface area contributed by atoms with Crippen molar-refractivity contribution >= 4 is 5.97 Å². The second-order valence-corrected chi connectivity index (χ2v) is 6.59. The van der Waals surface area contributed by atoms with E-state index in [1.165, 1.54) is 0 Å². The first-order valence-corrected chi connectivity index (χ1v) is 7.57. The van der Waals surface area contributed by atoms with Crippen molar-refractivity contribution in [3.05, 3.63) is 0 Å². The van der Waals surface area contributed by atoms with Crippen molar-refractivity contribution in [3.8, 4) is 0 Å². The van der Waals surface area contributed by atoms with Crippen molar-refractivity contribution in [3.63, 3.8) is 0 Å². The van der Waals surface area contributed by atoms with E-state index in [1.54, 1.807) is 7.11 Å². The summed E-state index contributed by atoms with van der Waals surface area (Å²) >= 11 is 0. The smallest absolute Gasteiger partial charge is 0.305 e. The van der Waals surface area contributed by atoms with Crippen LogP contribution in [0, 0.1) is 11.3 Å². The minimum absolute atomic E-state index is 0.122. The summed E-state index contributed by atoms with van der Waals surface area (Å²) in [5.74, 6) is 0.462. The molecule has 4 heteroatoms. The average molecular weight is 288 g/mol. The summed E-state index contributed by atoms with van der Waals surface area (Å²) < 4.78 is 15.4. The third-order valence-electron chi connectivity index (χ3n) is 2.94. The quantitative estimate of drug-likeness (QED) is 0.431. The Bertz CT molecular complexity index is 245. The summed E-state index contributed by atoms with van der Waals surface area (Å²) in [5.41, 5.74) is 0.336. The molecule has 0 N–H and O–H groups in total. The Morgan fingerprint density at radius 1 is 1.10 bits per heavy atom. The Kier molecular flexibility index (Phi) is 10.8. The number of hydrogen-bond donors (Lipinski definition) is 0. The maximum atomic E-state index is 11.5. The van der Waals surface area contributed by atoms with Crippen molar-refractivity contribution in [1.29, 1.82) is 0 Å². The number of carbonyl (C=O) groups is 1. The summed E-state index contributed by atoms with van der Waals surface area (Å²) in [4.78, 5) is 11.5. The third kappa shape index (κ3) is 13.8. The molecular weight excluding hydrogens is 256 g/mol. The number of esters is 1. The lowest BCUT2D eigenvalue weighted by atomic mass is 9.84. The van der Waals surface area contributed by atoms with Crippen LogP contribution < -0.4 is 0 Å². The zero-order chi connectivity index (χ0) is 15.4. The molecule has 1 atom stereocenters. The molecule has 120 valence electrons. The molecule has 0 aromatic carbocycles. The SMILES string of the molecule is COCCOCCCC(=O)OCCC(C)CC(C)(C)C. The molecule has 0 amide bonds. The molecule has 0 bridgehead atoms. The fourth-order valence-corrected chi connectivity index (χ4v) is 2.16. The van der Waals surface area contributed by atoms with Crippen LogP contribution in [0.1, 0.15) is 53.4 Å². The van der Waals surface area contributed by atoms with Crippen LogP contribution in [0.4, 0.5) is 0 Å². The molecule has 0 radical (unpaired) electrons. The molecule has 20 heavy (non-hydrogen) atoms. The van der Waals surface area contributed by atoms with Gasteiger partial charge in [0, 0.05) is 20.1 Å². The summed E-state index contributed by atoms with van der Waals surface area (Å²) in [6.07, 6.45) is 3.23. The molecule has 0 aliphatic rings. The van der Waals surface area contributed by atoms with E-state index in [0.717, 1.165) is 12.8 Å². The van der Waals surface area contributed by atoms with Crippen molar-refractivity contribution < 1.29 is 19.0 Å². The summed E-state index contributed by atoms with van der Waals surface area (Å²) in [7, 11) is 1.64. The van der Waals surface area contributed by atoms with Gasteiger partial charge < -0.3 is 14.2 Å². The van der Waals surface area contributed by atoms with Gasteiger partial charge in [-0.15, -0.1) is 0 Å². The number of ether oxygens (including phenoxy) is 3. The monoisotopic (exact) mass is 288 g/mol. The fraction of sp³-hybridized carbons (Fsp3) is 0.938. The van der Waals surface area contributed by atoms with Crippen LogP contribution in [-0.2, 0) is 19.0 Å². The van der Waals surface area contributed by atoms with Gasteiger partial charge in [0.2, 0.25) is 0 Å². The van der Waals surface area contributed by atoms with Gasteiger partial charge in [-0.3, -0.25) is 4.79 Å². The van der Waals surface area contributed by atoms with E-state index in [-0.39, 0.29) is 5.97 Å². The Morgan fingerprint density at radius 2 is 1.80 bits per heavy atom. The van der Waals surface area contributed by atoms with Crippen molar-refractivity contribution in [1.82, 2.24) is 0 Å². The van der Waals surface area contributed by atoms with E-state index in [4.69, 9.17) is 14.2 Å². The molecule has 0 heterocycles. The highest BCUT2D eigenvalue weighted by molar-refractivity contribution is 5.69. The van der Waals surface area contributed by atoms with Gasteiger partial charge in [-0.2, -0.15) is 0 Å². The Hall–Kier alpha value is -0.610. The second kappa shape index (κ2) is 11.1. The van der Waals surface area contributed by atoms with Crippen LogP contribution in [0.25, 0.3) is 0 Å². The van der Waals surface area contributed by atoms with E-state index in [0.29, 0.717) is 50.6 Å². The predicted octanol–water partition coefficient (Wildman–Crippen LogP) is 3.44. The molecule has 0 aliphatic heterocycles. The molecule has 0 saturated carbocycles. The lowest BCUT2D eigenvalue weighted by Gasteiger charge is -2.22. The largest absolute Gasteiger partial charge is 0.466 e. The topological polar surface area (TPSA) is 44.8 Å². The maximum absolute atomic E-state index is 11.5. The van der Waals surface area contributed by atoms with Gasteiger partial charge in [0.1, 0.15) is 0 Å². The molecule has 4 nitrogen and oxygen atoms in total. The Balaban J connectivity index is 3.45. The first-order chi connectivity index (χ1) is 9.35. The molecule has 0 aliphatic carbocycles. The molecular formula is C16H32O4. The van der Waals surface area contributed by atoms with Gasteiger partial charge in [0.05, 0.1) is 19.8 Å². The van der Waals surface area contributed by atoms with Crippen LogP contribution in [0.3, 0.4) is 0 Å². The number of hydrogen-bond acceptors (Lipinski definition) is 4. The van der Waals surface area contributed by atoms with E-state index in [1.807, 2.05) is 0 Å². The summed E-state index contributed by atoms with van der Waals surface area (Å²) in [5, 5.41) is 0. The highest BCUT2D eigenvalue weighted by atomic mass is 16.5. The van der Waals surface area contributed by atoms with Gasteiger partial charge in [-0.05, 0) is 30.6 Å². The van der Waals surface area contributed by atoms with Crippen LogP contribution in [0.2, 0.25) is 0 Å². The van der Waals surface area contributed by atoms with E-state index in [2.05, 4.69) is 27.7 Å².